The van der Waals surface area contributed by atoms with Crippen LogP contribution in [0.4, 0.5) is 5.82 Å². The molecule has 2 aromatic carbocycles. The molecule has 0 aliphatic heterocycles. The molecular weight excluding hydrogens is 396 g/mol. The molecule has 0 fully saturated rings. The highest BCUT2D eigenvalue weighted by Crippen LogP contribution is 2.39. The molecule has 0 saturated carbocycles. The minimum atomic E-state index is -3.62. The van der Waals surface area contributed by atoms with Crippen LogP contribution in [0, 0.1) is 0 Å². The number of nitrogen functional groups attached to an aromatic ring is 1. The fourth-order valence-electron chi connectivity index (χ4n) is 4.02. The van der Waals surface area contributed by atoms with Gasteiger partial charge < -0.3 is 5.73 Å². The predicted molar refractivity (Wildman–Crippen MR) is 121 cm³/mol. The van der Waals surface area contributed by atoms with Crippen LogP contribution >= 0.6 is 0 Å². The predicted octanol–water partition coefficient (Wildman–Crippen LogP) is 4.89. The van der Waals surface area contributed by atoms with Crippen molar-refractivity contribution in [3.8, 4) is 0 Å². The monoisotopic (exact) mass is 422 g/mol. The highest BCUT2D eigenvalue weighted by molar-refractivity contribution is 7.91. The number of nitrogens with two attached hydrogens (primary N) is 1. The van der Waals surface area contributed by atoms with Crippen molar-refractivity contribution in [2.24, 2.45) is 0 Å². The van der Waals surface area contributed by atoms with E-state index >= 15 is 0 Å². The van der Waals surface area contributed by atoms with Crippen molar-refractivity contribution in [1.82, 2.24) is 14.8 Å². The SMILES string of the molecule is CCCCn1nc2c(N)nc3ccccc3c2c1C(CC)S(=O)(=O)c1ccccc1. The van der Waals surface area contributed by atoms with Crippen LogP contribution in [0.1, 0.15) is 44.1 Å². The Hall–Kier alpha value is -2.93. The van der Waals surface area contributed by atoms with Gasteiger partial charge >= 0.3 is 0 Å². The second-order valence-corrected chi connectivity index (χ2v) is 9.59. The maximum Gasteiger partial charge on any atom is 0.186 e. The first-order chi connectivity index (χ1) is 14.5. The Morgan fingerprint density at radius 3 is 2.43 bits per heavy atom. The van der Waals surface area contributed by atoms with E-state index in [1.807, 2.05) is 41.9 Å². The van der Waals surface area contributed by atoms with Gasteiger partial charge in [-0.2, -0.15) is 5.10 Å². The topological polar surface area (TPSA) is 90.9 Å². The zero-order chi connectivity index (χ0) is 21.3. The van der Waals surface area contributed by atoms with Crippen LogP contribution in [0.2, 0.25) is 0 Å². The van der Waals surface area contributed by atoms with E-state index < -0.39 is 15.1 Å². The van der Waals surface area contributed by atoms with Gasteiger partial charge in [0.25, 0.3) is 0 Å². The van der Waals surface area contributed by atoms with Crippen LogP contribution in [-0.4, -0.2) is 23.2 Å². The highest BCUT2D eigenvalue weighted by atomic mass is 32.2. The molecule has 0 bridgehead atoms. The lowest BCUT2D eigenvalue weighted by Gasteiger charge is -2.19. The normalized spacial score (nSPS) is 13.1. The van der Waals surface area contributed by atoms with Crippen molar-refractivity contribution in [3.05, 3.63) is 60.3 Å². The Bertz CT molecular complexity index is 1300. The molecule has 0 saturated heterocycles. The summed E-state index contributed by atoms with van der Waals surface area (Å²) in [5.41, 5.74) is 8.27. The summed E-state index contributed by atoms with van der Waals surface area (Å²) in [6, 6.07) is 16.3. The fraction of sp³-hybridized carbons (Fsp3) is 0.304. The van der Waals surface area contributed by atoms with E-state index in [1.165, 1.54) is 0 Å². The Labute approximate surface area is 176 Å². The Morgan fingerprint density at radius 2 is 1.73 bits per heavy atom. The number of aromatic nitrogens is 3. The van der Waals surface area contributed by atoms with Crippen LogP contribution in [-0.2, 0) is 16.4 Å². The summed E-state index contributed by atoms with van der Waals surface area (Å²) >= 11 is 0. The number of benzene rings is 2. The molecule has 4 aromatic rings. The maximum atomic E-state index is 13.7. The van der Waals surface area contributed by atoms with Gasteiger partial charge in [-0.25, -0.2) is 13.4 Å². The van der Waals surface area contributed by atoms with E-state index in [9.17, 15) is 8.42 Å². The first kappa shape index (κ1) is 20.3. The number of hydrogen-bond donors (Lipinski definition) is 1. The van der Waals surface area contributed by atoms with Crippen molar-refractivity contribution in [3.63, 3.8) is 0 Å². The van der Waals surface area contributed by atoms with E-state index in [0.717, 1.165) is 29.1 Å². The smallest absolute Gasteiger partial charge is 0.186 e. The summed E-state index contributed by atoms with van der Waals surface area (Å²) in [6.07, 6.45) is 2.31. The number of sulfone groups is 1. The fourth-order valence-corrected chi connectivity index (χ4v) is 5.86. The lowest BCUT2D eigenvalue weighted by Crippen LogP contribution is -2.18. The van der Waals surface area contributed by atoms with Gasteiger partial charge in [-0.05, 0) is 31.0 Å². The molecule has 1 atom stereocenters. The maximum absolute atomic E-state index is 13.7. The van der Waals surface area contributed by atoms with Crippen molar-refractivity contribution < 1.29 is 8.42 Å². The van der Waals surface area contributed by atoms with Gasteiger partial charge in [-0.15, -0.1) is 0 Å². The molecule has 6 nitrogen and oxygen atoms in total. The molecule has 0 amide bonds. The van der Waals surface area contributed by atoms with Crippen molar-refractivity contribution in [1.29, 1.82) is 0 Å². The number of para-hydroxylation sites is 1. The number of pyridine rings is 1. The quantitative estimate of drug-likeness (QED) is 0.458. The lowest BCUT2D eigenvalue weighted by atomic mass is 10.1. The van der Waals surface area contributed by atoms with Gasteiger partial charge in [0.2, 0.25) is 0 Å². The van der Waals surface area contributed by atoms with Crippen LogP contribution in [0.25, 0.3) is 21.8 Å². The molecule has 0 aliphatic carbocycles. The van der Waals surface area contributed by atoms with Crippen LogP contribution < -0.4 is 5.73 Å². The molecular formula is C23H26N4O2S. The van der Waals surface area contributed by atoms with Crippen molar-refractivity contribution in [2.45, 2.75) is 49.8 Å². The Morgan fingerprint density at radius 1 is 1.03 bits per heavy atom. The number of rotatable bonds is 7. The first-order valence-electron chi connectivity index (χ1n) is 10.3. The summed E-state index contributed by atoms with van der Waals surface area (Å²) in [4.78, 5) is 4.82. The molecule has 7 heteroatoms. The van der Waals surface area contributed by atoms with Gasteiger partial charge in [0.1, 0.15) is 10.8 Å². The van der Waals surface area contributed by atoms with Gasteiger partial charge in [-0.1, -0.05) is 56.7 Å². The molecule has 0 spiro atoms. The van der Waals surface area contributed by atoms with E-state index in [1.54, 1.807) is 24.3 Å². The minimum Gasteiger partial charge on any atom is -0.382 e. The number of unbranched alkanes of at least 4 members (excludes halogenated alkanes) is 1. The van der Waals surface area contributed by atoms with Gasteiger partial charge in [0, 0.05) is 17.3 Å². The number of nitrogens with zero attached hydrogens (tertiary/aromatic N) is 3. The number of aryl methyl sites for hydroxylation is 1. The average molecular weight is 423 g/mol. The van der Waals surface area contributed by atoms with E-state index in [0.29, 0.717) is 34.9 Å². The van der Waals surface area contributed by atoms with E-state index in [2.05, 4.69) is 11.9 Å². The summed E-state index contributed by atoms with van der Waals surface area (Å²) in [5, 5.41) is 5.68. The lowest BCUT2D eigenvalue weighted by molar-refractivity contribution is 0.532. The second kappa shape index (κ2) is 8.07. The largest absolute Gasteiger partial charge is 0.382 e. The van der Waals surface area contributed by atoms with Crippen LogP contribution in [0.3, 0.4) is 0 Å². The molecule has 0 aliphatic rings. The van der Waals surface area contributed by atoms with Gasteiger partial charge in [0.05, 0.1) is 16.1 Å². The summed E-state index contributed by atoms with van der Waals surface area (Å²) in [7, 11) is -3.62. The molecule has 4 rings (SSSR count). The molecule has 0 radical (unpaired) electrons. The third kappa shape index (κ3) is 3.33. The molecule has 156 valence electrons. The van der Waals surface area contributed by atoms with Gasteiger partial charge in [-0.3, -0.25) is 4.68 Å². The zero-order valence-corrected chi connectivity index (χ0v) is 18.1. The molecule has 30 heavy (non-hydrogen) atoms. The van der Waals surface area contributed by atoms with Crippen molar-refractivity contribution >= 4 is 37.5 Å². The van der Waals surface area contributed by atoms with E-state index in [4.69, 9.17) is 10.8 Å². The summed E-state index contributed by atoms with van der Waals surface area (Å²) in [5.74, 6) is 0.326. The Kier molecular flexibility index (Phi) is 5.47. The third-order valence-electron chi connectivity index (χ3n) is 5.49. The number of anilines is 1. The average Bonchev–Trinajstić information content (AvgIpc) is 3.13. The number of fused-ring (bicyclic) bond motifs is 3. The van der Waals surface area contributed by atoms with Crippen LogP contribution in [0.15, 0.2) is 59.5 Å². The van der Waals surface area contributed by atoms with Gasteiger partial charge in [0.15, 0.2) is 15.7 Å². The minimum absolute atomic E-state index is 0.319. The first-order valence-corrected chi connectivity index (χ1v) is 11.9. The van der Waals surface area contributed by atoms with E-state index in [-0.39, 0.29) is 0 Å². The standard InChI is InChI=1S/C23H26N4O2S/c1-3-5-15-27-22(19(4-2)30(28,29)16-11-7-6-8-12-16)20-17-13-9-10-14-18(17)25-23(24)21(20)26-27/h6-14,19H,3-5,15H2,1-2H3,(H2,24,25). The summed E-state index contributed by atoms with van der Waals surface area (Å²) in [6.45, 7) is 4.64. The van der Waals surface area contributed by atoms with Crippen molar-refractivity contribution in [2.75, 3.05) is 5.73 Å². The highest BCUT2D eigenvalue weighted by Gasteiger charge is 2.33. The Balaban J connectivity index is 2.06. The second-order valence-electron chi connectivity index (χ2n) is 7.45. The summed E-state index contributed by atoms with van der Waals surface area (Å²) < 4.78 is 29.2. The third-order valence-corrected chi connectivity index (χ3v) is 7.73. The molecule has 2 heterocycles. The number of hydrogen-bond acceptors (Lipinski definition) is 5. The molecule has 2 aromatic heterocycles. The molecule has 1 unspecified atom stereocenters. The van der Waals surface area contributed by atoms with Crippen LogP contribution in [0.5, 0.6) is 0 Å². The zero-order valence-electron chi connectivity index (χ0n) is 17.2. The molecule has 2 N–H and O–H groups in total.